The molecule has 0 spiro atoms. The van der Waals surface area contributed by atoms with Crippen LogP contribution in [0.1, 0.15) is 33.3 Å². The van der Waals surface area contributed by atoms with Crippen LogP contribution in [-0.2, 0) is 10.9 Å². The molecule has 1 aromatic carbocycles. The molecule has 34 heavy (non-hydrogen) atoms. The fourth-order valence-electron chi connectivity index (χ4n) is 3.49. The van der Waals surface area contributed by atoms with Gasteiger partial charge in [0.05, 0.1) is 27.8 Å². The number of fused-ring (bicyclic) bond motifs is 2. The smallest absolute Gasteiger partial charge is 0.419 e. The maximum atomic E-state index is 13.4. The predicted octanol–water partition coefficient (Wildman–Crippen LogP) is 7.82. The summed E-state index contributed by atoms with van der Waals surface area (Å²) in [6.07, 6.45) is -4.68. The van der Waals surface area contributed by atoms with Crippen molar-refractivity contribution in [2.45, 2.75) is 44.4 Å². The van der Waals surface area contributed by atoms with Crippen molar-refractivity contribution >= 4 is 51.4 Å². The van der Waals surface area contributed by atoms with Crippen molar-refractivity contribution in [2.75, 3.05) is 5.75 Å². The Morgan fingerprint density at radius 2 is 1.85 bits per heavy atom. The van der Waals surface area contributed by atoms with Crippen LogP contribution in [-0.4, -0.2) is 32.0 Å². The van der Waals surface area contributed by atoms with E-state index in [-0.39, 0.29) is 11.0 Å². The van der Waals surface area contributed by atoms with E-state index in [2.05, 4.69) is 4.98 Å². The third-order valence-corrected chi connectivity index (χ3v) is 5.99. The van der Waals surface area contributed by atoms with Crippen LogP contribution in [0.5, 0.6) is 0 Å². The molecule has 5 nitrogen and oxygen atoms in total. The van der Waals surface area contributed by atoms with Crippen molar-refractivity contribution in [3.05, 3.63) is 53.2 Å². The number of halogens is 4. The third-order valence-electron chi connectivity index (χ3n) is 4.84. The molecule has 0 aliphatic carbocycles. The maximum absolute atomic E-state index is 13.4. The highest BCUT2D eigenvalue weighted by Crippen LogP contribution is 2.38. The number of hydrogen-bond donors (Lipinski definition) is 0. The van der Waals surface area contributed by atoms with Gasteiger partial charge in [0.15, 0.2) is 0 Å². The zero-order valence-electron chi connectivity index (χ0n) is 18.8. The fraction of sp³-hybridized carbons (Fsp3) is 0.292. The van der Waals surface area contributed by atoms with E-state index >= 15 is 0 Å². The van der Waals surface area contributed by atoms with E-state index in [9.17, 15) is 18.0 Å². The van der Waals surface area contributed by atoms with Gasteiger partial charge in [-0.2, -0.15) is 13.2 Å². The summed E-state index contributed by atoms with van der Waals surface area (Å²) in [5.74, 6) is 0.712. The molecule has 0 amide bonds. The molecule has 4 rings (SSSR count). The molecule has 0 saturated carbocycles. The molecule has 3 aromatic heterocycles. The molecule has 4 aromatic rings. The van der Waals surface area contributed by atoms with E-state index in [0.29, 0.717) is 27.7 Å². The molecular weight excluding hydrogens is 487 g/mol. The number of carbonyl (C=O) groups excluding carboxylic acids is 1. The average molecular weight is 508 g/mol. The average Bonchev–Trinajstić information content (AvgIpc) is 3.10. The second-order valence-electron chi connectivity index (χ2n) is 8.58. The molecule has 178 valence electrons. The first-order chi connectivity index (χ1) is 15.9. The molecule has 0 unspecified atom stereocenters. The van der Waals surface area contributed by atoms with Crippen molar-refractivity contribution in [1.82, 2.24) is 14.5 Å². The van der Waals surface area contributed by atoms with Crippen molar-refractivity contribution in [3.63, 3.8) is 0 Å². The molecule has 0 aliphatic rings. The molecular formula is C24H21ClF3N3O2S. The normalized spacial score (nSPS) is 12.5. The van der Waals surface area contributed by atoms with Crippen molar-refractivity contribution in [1.29, 1.82) is 0 Å². The summed E-state index contributed by atoms with van der Waals surface area (Å²) in [5, 5.41) is 1.37. The third kappa shape index (κ3) is 4.86. The summed E-state index contributed by atoms with van der Waals surface area (Å²) >= 11 is 7.64. The minimum absolute atomic E-state index is 0.00970. The van der Waals surface area contributed by atoms with Crippen molar-refractivity contribution < 1.29 is 22.7 Å². The van der Waals surface area contributed by atoms with Gasteiger partial charge in [-0.25, -0.2) is 14.3 Å². The lowest BCUT2D eigenvalue weighted by molar-refractivity contribution is -0.137. The quantitative estimate of drug-likeness (QED) is 0.264. The highest BCUT2D eigenvalue weighted by Gasteiger charge is 2.33. The van der Waals surface area contributed by atoms with Gasteiger partial charge < -0.3 is 4.74 Å². The number of benzene rings is 1. The number of alkyl halides is 3. The standard InChI is InChI=1S/C24H21ClF3N3O2S/c1-5-34-20-9-13-8-15(25)6-7-16(13)30-21(20)19-11-17-18(10-14(12-29-17)24(26,27)28)31(19)22(32)33-23(2,3)4/h6-12H,5H2,1-4H3. The van der Waals surface area contributed by atoms with E-state index in [1.54, 1.807) is 45.0 Å². The van der Waals surface area contributed by atoms with Crippen LogP contribution in [0.2, 0.25) is 5.02 Å². The van der Waals surface area contributed by atoms with Gasteiger partial charge in [0, 0.05) is 21.5 Å². The summed E-state index contributed by atoms with van der Waals surface area (Å²) < 4.78 is 46.9. The molecule has 3 heterocycles. The number of nitrogens with zero attached hydrogens (tertiary/aromatic N) is 3. The van der Waals surface area contributed by atoms with Gasteiger partial charge in [0.25, 0.3) is 0 Å². The van der Waals surface area contributed by atoms with E-state index in [0.717, 1.165) is 27.1 Å². The fourth-order valence-corrected chi connectivity index (χ4v) is 4.48. The lowest BCUT2D eigenvalue weighted by Gasteiger charge is -2.21. The lowest BCUT2D eigenvalue weighted by atomic mass is 10.1. The summed E-state index contributed by atoms with van der Waals surface area (Å²) in [7, 11) is 0. The zero-order chi connectivity index (χ0) is 24.8. The molecule has 0 bridgehead atoms. The molecule has 0 aliphatic heterocycles. The van der Waals surface area contributed by atoms with Crippen LogP contribution in [0.4, 0.5) is 18.0 Å². The lowest BCUT2D eigenvalue weighted by Crippen LogP contribution is -2.27. The minimum atomic E-state index is -4.62. The van der Waals surface area contributed by atoms with Gasteiger partial charge >= 0.3 is 12.3 Å². The largest absolute Gasteiger partial charge is 0.443 e. The van der Waals surface area contributed by atoms with Crippen LogP contribution in [0, 0.1) is 0 Å². The number of ether oxygens (including phenoxy) is 1. The van der Waals surface area contributed by atoms with Gasteiger partial charge in [-0.05, 0) is 62.9 Å². The monoisotopic (exact) mass is 507 g/mol. The Hall–Kier alpha value is -2.78. The zero-order valence-corrected chi connectivity index (χ0v) is 20.4. The van der Waals surface area contributed by atoms with E-state index < -0.39 is 23.4 Å². The number of aromatic nitrogens is 3. The Balaban J connectivity index is 2.04. The molecule has 0 fully saturated rings. The summed E-state index contributed by atoms with van der Waals surface area (Å²) in [6, 6.07) is 9.61. The first-order valence-corrected chi connectivity index (χ1v) is 11.8. The van der Waals surface area contributed by atoms with Crippen LogP contribution >= 0.6 is 23.4 Å². The van der Waals surface area contributed by atoms with Crippen LogP contribution in [0.15, 0.2) is 47.5 Å². The van der Waals surface area contributed by atoms with Crippen molar-refractivity contribution in [2.24, 2.45) is 0 Å². The van der Waals surface area contributed by atoms with Crippen LogP contribution < -0.4 is 0 Å². The first-order valence-electron chi connectivity index (χ1n) is 10.4. The first kappa shape index (κ1) is 24.3. The van der Waals surface area contributed by atoms with Crippen LogP contribution in [0.25, 0.3) is 33.3 Å². The van der Waals surface area contributed by atoms with Gasteiger partial charge in [0.1, 0.15) is 11.3 Å². The topological polar surface area (TPSA) is 57.0 Å². The second kappa shape index (κ2) is 8.78. The molecule has 0 atom stereocenters. The Bertz CT molecular complexity index is 1410. The Kier molecular flexibility index (Phi) is 6.29. The number of thioether (sulfide) groups is 1. The maximum Gasteiger partial charge on any atom is 0.419 e. The number of pyridine rings is 2. The minimum Gasteiger partial charge on any atom is -0.443 e. The number of carbonyl (C=O) groups is 1. The van der Waals surface area contributed by atoms with E-state index in [4.69, 9.17) is 21.3 Å². The molecule has 0 saturated heterocycles. The van der Waals surface area contributed by atoms with Crippen LogP contribution in [0.3, 0.4) is 0 Å². The second-order valence-corrected chi connectivity index (χ2v) is 10.3. The van der Waals surface area contributed by atoms with Gasteiger partial charge in [-0.15, -0.1) is 11.8 Å². The SMILES string of the molecule is CCSc1cc2cc(Cl)ccc2nc1-c1cc2ncc(C(F)(F)F)cc2n1C(=O)OC(C)(C)C. The van der Waals surface area contributed by atoms with Crippen molar-refractivity contribution in [3.8, 4) is 11.4 Å². The highest BCUT2D eigenvalue weighted by atomic mass is 35.5. The Morgan fingerprint density at radius 3 is 2.50 bits per heavy atom. The van der Waals surface area contributed by atoms with Gasteiger partial charge in [-0.1, -0.05) is 18.5 Å². The van der Waals surface area contributed by atoms with Gasteiger partial charge in [0.2, 0.25) is 0 Å². The number of hydrogen-bond acceptors (Lipinski definition) is 5. The summed E-state index contributed by atoms with van der Waals surface area (Å²) in [4.78, 5) is 22.7. The van der Waals surface area contributed by atoms with E-state index in [1.807, 2.05) is 13.0 Å². The Labute approximate surface area is 203 Å². The van der Waals surface area contributed by atoms with E-state index in [1.165, 1.54) is 11.8 Å². The Morgan fingerprint density at radius 1 is 1.12 bits per heavy atom. The number of rotatable bonds is 3. The predicted molar refractivity (Wildman–Crippen MR) is 129 cm³/mol. The molecule has 10 heteroatoms. The molecule has 0 N–H and O–H groups in total. The summed E-state index contributed by atoms with van der Waals surface area (Å²) in [6.45, 7) is 7.03. The van der Waals surface area contributed by atoms with Gasteiger partial charge in [-0.3, -0.25) is 4.98 Å². The summed E-state index contributed by atoms with van der Waals surface area (Å²) in [5.41, 5.74) is -0.246. The molecule has 0 radical (unpaired) electrons. The highest BCUT2D eigenvalue weighted by molar-refractivity contribution is 7.99.